The Kier molecular flexibility index (Phi) is 5.72. The van der Waals surface area contributed by atoms with Gasteiger partial charge in [0.2, 0.25) is 0 Å². The summed E-state index contributed by atoms with van der Waals surface area (Å²) < 4.78 is 0.920. The lowest BCUT2D eigenvalue weighted by Crippen LogP contribution is -2.28. The molecule has 0 saturated heterocycles. The quantitative estimate of drug-likeness (QED) is 0.379. The van der Waals surface area contributed by atoms with Crippen molar-refractivity contribution in [2.45, 2.75) is 19.4 Å². The van der Waals surface area contributed by atoms with Crippen molar-refractivity contribution in [1.82, 2.24) is 10.3 Å². The molecule has 0 spiro atoms. The van der Waals surface area contributed by atoms with Crippen molar-refractivity contribution in [3.63, 3.8) is 0 Å². The zero-order chi connectivity index (χ0) is 20.2. The van der Waals surface area contributed by atoms with Crippen LogP contribution in [0.25, 0.3) is 22.2 Å². The van der Waals surface area contributed by atoms with Crippen molar-refractivity contribution in [2.75, 3.05) is 0 Å². The van der Waals surface area contributed by atoms with Crippen molar-refractivity contribution >= 4 is 32.7 Å². The minimum atomic E-state index is -0.0941. The van der Waals surface area contributed by atoms with Crippen LogP contribution < -0.4 is 5.32 Å². The van der Waals surface area contributed by atoms with Crippen LogP contribution in [0.5, 0.6) is 0 Å². The minimum absolute atomic E-state index is 0.0424. The van der Waals surface area contributed by atoms with Gasteiger partial charge in [-0.3, -0.25) is 4.79 Å². The number of halogens is 1. The maximum absolute atomic E-state index is 13.3. The molecule has 0 unspecified atom stereocenters. The molecule has 0 bridgehead atoms. The van der Waals surface area contributed by atoms with Gasteiger partial charge in [-0.1, -0.05) is 83.5 Å². The molecule has 1 N–H and O–H groups in total. The molecule has 1 amide bonds. The third-order valence-corrected chi connectivity index (χ3v) is 5.49. The second-order valence-electron chi connectivity index (χ2n) is 6.93. The van der Waals surface area contributed by atoms with Crippen molar-refractivity contribution < 1.29 is 4.79 Å². The van der Waals surface area contributed by atoms with Crippen LogP contribution in [0.3, 0.4) is 0 Å². The highest BCUT2D eigenvalue weighted by Gasteiger charge is 2.18. The van der Waals surface area contributed by atoms with E-state index in [1.54, 1.807) is 0 Å². The average molecular weight is 445 g/mol. The summed E-state index contributed by atoms with van der Waals surface area (Å²) in [7, 11) is 0. The summed E-state index contributed by atoms with van der Waals surface area (Å²) in [5, 5.41) is 4.04. The molecular formula is C25H21BrN2O. The van der Waals surface area contributed by atoms with E-state index in [0.29, 0.717) is 5.56 Å². The molecule has 4 aromatic rings. The summed E-state index contributed by atoms with van der Waals surface area (Å²) in [6.07, 6.45) is 0.813. The van der Waals surface area contributed by atoms with Gasteiger partial charge in [-0.25, -0.2) is 4.98 Å². The van der Waals surface area contributed by atoms with Gasteiger partial charge in [0.15, 0.2) is 0 Å². The van der Waals surface area contributed by atoms with Crippen LogP contribution in [0.2, 0.25) is 0 Å². The maximum atomic E-state index is 13.3. The Morgan fingerprint density at radius 2 is 1.66 bits per heavy atom. The highest BCUT2D eigenvalue weighted by molar-refractivity contribution is 9.10. The normalized spacial score (nSPS) is 11.9. The zero-order valence-electron chi connectivity index (χ0n) is 16.1. The SMILES string of the molecule is CC[C@H](NC(=O)c1cc(-c2ccccc2)nc2ccc(Br)cc12)c1ccccc1. The Bertz CT molecular complexity index is 1140. The molecule has 1 aromatic heterocycles. The van der Waals surface area contributed by atoms with Crippen molar-refractivity contribution in [2.24, 2.45) is 0 Å². The number of amides is 1. The van der Waals surface area contributed by atoms with E-state index in [0.717, 1.165) is 38.6 Å². The molecular weight excluding hydrogens is 424 g/mol. The van der Waals surface area contributed by atoms with Gasteiger partial charge in [-0.05, 0) is 36.2 Å². The highest BCUT2D eigenvalue weighted by atomic mass is 79.9. The molecule has 3 aromatic carbocycles. The summed E-state index contributed by atoms with van der Waals surface area (Å²) in [6, 6.07) is 27.7. The first-order chi connectivity index (χ1) is 14.2. The van der Waals surface area contributed by atoms with Crippen LogP contribution in [0.4, 0.5) is 0 Å². The molecule has 0 aliphatic carbocycles. The number of hydrogen-bond acceptors (Lipinski definition) is 2. The number of carbonyl (C=O) groups is 1. The number of nitrogens with one attached hydrogen (secondary N) is 1. The molecule has 0 saturated carbocycles. The van der Waals surface area contributed by atoms with Gasteiger partial charge in [0, 0.05) is 15.4 Å². The largest absolute Gasteiger partial charge is 0.345 e. The van der Waals surface area contributed by atoms with Crippen molar-refractivity contribution in [3.05, 3.63) is 101 Å². The summed E-state index contributed by atoms with van der Waals surface area (Å²) >= 11 is 3.52. The van der Waals surface area contributed by atoms with Gasteiger partial charge in [0.1, 0.15) is 0 Å². The number of carbonyl (C=O) groups excluding carboxylic acids is 1. The average Bonchev–Trinajstić information content (AvgIpc) is 2.77. The van der Waals surface area contributed by atoms with Gasteiger partial charge in [0.25, 0.3) is 5.91 Å². The van der Waals surface area contributed by atoms with Crippen LogP contribution >= 0.6 is 15.9 Å². The fourth-order valence-electron chi connectivity index (χ4n) is 3.49. The van der Waals surface area contributed by atoms with E-state index in [-0.39, 0.29) is 11.9 Å². The van der Waals surface area contributed by atoms with E-state index in [1.807, 2.05) is 84.9 Å². The Labute approximate surface area is 178 Å². The van der Waals surface area contributed by atoms with Crippen LogP contribution in [0, 0.1) is 0 Å². The molecule has 1 atom stereocenters. The smallest absolute Gasteiger partial charge is 0.252 e. The van der Waals surface area contributed by atoms with Gasteiger partial charge >= 0.3 is 0 Å². The topological polar surface area (TPSA) is 42.0 Å². The maximum Gasteiger partial charge on any atom is 0.252 e. The van der Waals surface area contributed by atoms with E-state index in [2.05, 4.69) is 28.2 Å². The van der Waals surface area contributed by atoms with E-state index < -0.39 is 0 Å². The number of nitrogens with zero attached hydrogens (tertiary/aromatic N) is 1. The molecule has 4 heteroatoms. The third-order valence-electron chi connectivity index (χ3n) is 5.00. The molecule has 3 nitrogen and oxygen atoms in total. The van der Waals surface area contributed by atoms with E-state index in [9.17, 15) is 4.79 Å². The monoisotopic (exact) mass is 444 g/mol. The molecule has 0 radical (unpaired) electrons. The van der Waals surface area contributed by atoms with Gasteiger partial charge in [-0.2, -0.15) is 0 Å². The fourth-order valence-corrected chi connectivity index (χ4v) is 3.85. The number of benzene rings is 3. The van der Waals surface area contributed by atoms with Crippen molar-refractivity contribution in [3.8, 4) is 11.3 Å². The fraction of sp³-hybridized carbons (Fsp3) is 0.120. The third kappa shape index (κ3) is 4.22. The van der Waals surface area contributed by atoms with Crippen LogP contribution in [0.15, 0.2) is 89.4 Å². The number of aromatic nitrogens is 1. The lowest BCUT2D eigenvalue weighted by Gasteiger charge is -2.18. The lowest BCUT2D eigenvalue weighted by atomic mass is 10.0. The predicted molar refractivity (Wildman–Crippen MR) is 122 cm³/mol. The standard InChI is InChI=1S/C25H21BrN2O/c1-2-22(17-9-5-3-6-10-17)28-25(29)21-16-24(18-11-7-4-8-12-18)27-23-14-13-19(26)15-20(21)23/h3-16,22H,2H2,1H3,(H,28,29)/t22-/m0/s1. The molecule has 1 heterocycles. The number of fused-ring (bicyclic) bond motifs is 1. The molecule has 29 heavy (non-hydrogen) atoms. The summed E-state index contributed by atoms with van der Waals surface area (Å²) in [5.74, 6) is -0.0941. The number of hydrogen-bond donors (Lipinski definition) is 1. The van der Waals surface area contributed by atoms with E-state index in [1.165, 1.54) is 0 Å². The van der Waals surface area contributed by atoms with Crippen molar-refractivity contribution in [1.29, 1.82) is 0 Å². The highest BCUT2D eigenvalue weighted by Crippen LogP contribution is 2.28. The lowest BCUT2D eigenvalue weighted by molar-refractivity contribution is 0.0937. The molecule has 0 aliphatic rings. The number of rotatable bonds is 5. The second-order valence-corrected chi connectivity index (χ2v) is 7.84. The first-order valence-electron chi connectivity index (χ1n) is 9.67. The summed E-state index contributed by atoms with van der Waals surface area (Å²) in [4.78, 5) is 18.1. The Hall–Kier alpha value is -2.98. The first-order valence-corrected chi connectivity index (χ1v) is 10.5. The first kappa shape index (κ1) is 19.3. The van der Waals surface area contributed by atoms with Crippen LogP contribution in [-0.4, -0.2) is 10.9 Å². The van der Waals surface area contributed by atoms with Crippen LogP contribution in [-0.2, 0) is 0 Å². The van der Waals surface area contributed by atoms with E-state index >= 15 is 0 Å². The predicted octanol–water partition coefficient (Wildman–Crippen LogP) is 6.55. The minimum Gasteiger partial charge on any atom is -0.345 e. The molecule has 144 valence electrons. The zero-order valence-corrected chi connectivity index (χ0v) is 17.7. The Morgan fingerprint density at radius 3 is 2.34 bits per heavy atom. The van der Waals surface area contributed by atoms with Gasteiger partial charge < -0.3 is 5.32 Å². The second kappa shape index (κ2) is 8.58. The Balaban J connectivity index is 1.78. The number of pyridine rings is 1. The summed E-state index contributed by atoms with van der Waals surface area (Å²) in [6.45, 7) is 2.08. The molecule has 0 fully saturated rings. The molecule has 0 aliphatic heterocycles. The van der Waals surface area contributed by atoms with Gasteiger partial charge in [0.05, 0.1) is 22.8 Å². The van der Waals surface area contributed by atoms with Gasteiger partial charge in [-0.15, -0.1) is 0 Å². The Morgan fingerprint density at radius 1 is 0.966 bits per heavy atom. The van der Waals surface area contributed by atoms with E-state index in [4.69, 9.17) is 4.98 Å². The van der Waals surface area contributed by atoms with Crippen LogP contribution in [0.1, 0.15) is 35.3 Å². The summed E-state index contributed by atoms with van der Waals surface area (Å²) in [5.41, 5.74) is 4.31. The molecule has 4 rings (SSSR count).